The Morgan fingerprint density at radius 3 is 2.67 bits per heavy atom. The van der Waals surface area contributed by atoms with Crippen molar-refractivity contribution in [3.05, 3.63) is 23.9 Å². The summed E-state index contributed by atoms with van der Waals surface area (Å²) in [7, 11) is 0. The normalized spacial score (nSPS) is 12.7. The van der Waals surface area contributed by atoms with Crippen molar-refractivity contribution in [3.63, 3.8) is 0 Å². The van der Waals surface area contributed by atoms with Crippen molar-refractivity contribution < 1.29 is 9.84 Å². The molecule has 4 nitrogen and oxygen atoms in total. The van der Waals surface area contributed by atoms with Gasteiger partial charge in [-0.25, -0.2) is 9.98 Å². The fourth-order valence-corrected chi connectivity index (χ4v) is 0.960. The first-order chi connectivity index (χ1) is 6.87. The van der Waals surface area contributed by atoms with E-state index in [0.717, 1.165) is 5.56 Å². The molecule has 1 aromatic heterocycles. The van der Waals surface area contributed by atoms with Gasteiger partial charge in [0, 0.05) is 11.8 Å². The summed E-state index contributed by atoms with van der Waals surface area (Å²) in [4.78, 5) is 7.68. The zero-order valence-corrected chi connectivity index (χ0v) is 9.44. The second kappa shape index (κ2) is 4.29. The van der Waals surface area contributed by atoms with Gasteiger partial charge in [-0.05, 0) is 24.6 Å². The van der Waals surface area contributed by atoms with Gasteiger partial charge in [-0.3, -0.25) is 0 Å². The molecule has 0 N–H and O–H groups in total. The Labute approximate surface area is 89.6 Å². The van der Waals surface area contributed by atoms with Gasteiger partial charge in [0.25, 0.3) is 0 Å². The van der Waals surface area contributed by atoms with Crippen LogP contribution in [-0.4, -0.2) is 16.7 Å². The second-order valence-corrected chi connectivity index (χ2v) is 4.28. The van der Waals surface area contributed by atoms with Gasteiger partial charge in [-0.2, -0.15) is 0 Å². The zero-order valence-electron chi connectivity index (χ0n) is 9.44. The predicted molar refractivity (Wildman–Crippen MR) is 56.9 cm³/mol. The molecule has 0 fully saturated rings. The first-order valence-electron chi connectivity index (χ1n) is 4.74. The lowest BCUT2D eigenvalue weighted by atomic mass is 10.2. The van der Waals surface area contributed by atoms with Gasteiger partial charge in [0.2, 0.25) is 0 Å². The van der Waals surface area contributed by atoms with E-state index in [1.807, 2.05) is 13.0 Å². The molecule has 0 bridgehead atoms. The Kier molecular flexibility index (Phi) is 3.29. The minimum atomic E-state index is -0.611. The zero-order chi connectivity index (χ0) is 11.5. The highest BCUT2D eigenvalue weighted by atomic mass is 16.6. The molecule has 0 unspecified atom stereocenters. The standard InChI is InChI=1S/C11H16N2O2/c1-8-5-6-12-9(7-8)13-10(14)15-11(2,3)4/h5-7H,1-4H3,(H,12,13,14)/p-1. The van der Waals surface area contributed by atoms with Crippen LogP contribution in [0.3, 0.4) is 0 Å². The van der Waals surface area contributed by atoms with Crippen LogP contribution >= 0.6 is 0 Å². The molecule has 4 heteroatoms. The summed E-state index contributed by atoms with van der Waals surface area (Å²) in [6.07, 6.45) is 0.999. The highest BCUT2D eigenvalue weighted by Crippen LogP contribution is 2.11. The van der Waals surface area contributed by atoms with E-state index in [4.69, 9.17) is 4.74 Å². The lowest BCUT2D eigenvalue weighted by molar-refractivity contribution is -0.259. The molecule has 0 saturated carbocycles. The Hall–Kier alpha value is -1.58. The van der Waals surface area contributed by atoms with Crippen molar-refractivity contribution in [3.8, 4) is 0 Å². The maximum Gasteiger partial charge on any atom is 0.154 e. The van der Waals surface area contributed by atoms with E-state index in [1.165, 1.54) is 0 Å². The molecular weight excluding hydrogens is 192 g/mol. The van der Waals surface area contributed by atoms with E-state index in [-0.39, 0.29) is 0 Å². The van der Waals surface area contributed by atoms with Crippen molar-refractivity contribution in [1.29, 1.82) is 0 Å². The molecule has 0 atom stereocenters. The largest absolute Gasteiger partial charge is 0.594 e. The molecule has 0 aliphatic carbocycles. The van der Waals surface area contributed by atoms with Crippen molar-refractivity contribution in [1.82, 2.24) is 4.98 Å². The fraction of sp³-hybridized carbons (Fsp3) is 0.455. The summed E-state index contributed by atoms with van der Waals surface area (Å²) in [5, 5.41) is 11.3. The molecule has 1 heterocycles. The molecular formula is C11H15N2O2-. The van der Waals surface area contributed by atoms with E-state index in [1.54, 1.807) is 33.0 Å². The number of pyridine rings is 1. The maximum atomic E-state index is 11.3. The lowest BCUT2D eigenvalue weighted by Gasteiger charge is -2.29. The first kappa shape index (κ1) is 11.5. The van der Waals surface area contributed by atoms with Gasteiger partial charge < -0.3 is 9.84 Å². The number of aliphatic imine (C=N–C) groups is 1. The Balaban J connectivity index is 2.79. The van der Waals surface area contributed by atoms with Crippen LogP contribution in [0.4, 0.5) is 5.82 Å². The third-order valence-electron chi connectivity index (χ3n) is 1.50. The van der Waals surface area contributed by atoms with Crippen LogP contribution in [0.1, 0.15) is 26.3 Å². The van der Waals surface area contributed by atoms with Crippen LogP contribution in [0.15, 0.2) is 23.3 Å². The molecule has 1 rings (SSSR count). The van der Waals surface area contributed by atoms with E-state index in [2.05, 4.69) is 9.98 Å². The molecule has 0 amide bonds. The van der Waals surface area contributed by atoms with Crippen molar-refractivity contribution in [2.75, 3.05) is 0 Å². The summed E-state index contributed by atoms with van der Waals surface area (Å²) in [6, 6.07) is 3.57. The highest BCUT2D eigenvalue weighted by Gasteiger charge is 2.04. The molecule has 0 aliphatic rings. The molecule has 1 aromatic rings. The van der Waals surface area contributed by atoms with Crippen LogP contribution in [-0.2, 0) is 4.74 Å². The predicted octanol–water partition coefficient (Wildman–Crippen LogP) is 1.55. The van der Waals surface area contributed by atoms with Crippen LogP contribution < -0.4 is 5.11 Å². The smallest absolute Gasteiger partial charge is 0.154 e. The minimum absolute atomic E-state index is 0.379. The Morgan fingerprint density at radius 1 is 1.47 bits per heavy atom. The molecule has 0 radical (unpaired) electrons. The average Bonchev–Trinajstić information content (AvgIpc) is 1.99. The SMILES string of the molecule is Cc1ccnc(N=C([O-])OC(C)(C)C)c1. The summed E-state index contributed by atoms with van der Waals surface area (Å²) in [5.41, 5.74) is 0.483. The summed E-state index contributed by atoms with van der Waals surface area (Å²) >= 11 is 0. The van der Waals surface area contributed by atoms with E-state index >= 15 is 0 Å². The van der Waals surface area contributed by atoms with Crippen LogP contribution in [0.5, 0.6) is 0 Å². The van der Waals surface area contributed by atoms with Crippen LogP contribution in [0.2, 0.25) is 0 Å². The highest BCUT2D eigenvalue weighted by molar-refractivity contribution is 5.66. The average molecular weight is 207 g/mol. The lowest BCUT2D eigenvalue weighted by Crippen LogP contribution is -2.31. The van der Waals surface area contributed by atoms with Gasteiger partial charge in [-0.15, -0.1) is 0 Å². The molecule has 0 spiro atoms. The third kappa shape index (κ3) is 4.44. The molecule has 15 heavy (non-hydrogen) atoms. The van der Waals surface area contributed by atoms with Gasteiger partial charge in [-0.1, -0.05) is 20.8 Å². The minimum Gasteiger partial charge on any atom is -0.594 e. The van der Waals surface area contributed by atoms with Crippen molar-refractivity contribution in [2.24, 2.45) is 4.99 Å². The Bertz CT molecular complexity index is 367. The number of rotatable bonds is 1. The Morgan fingerprint density at radius 2 is 2.13 bits per heavy atom. The summed E-state index contributed by atoms with van der Waals surface area (Å²) in [6.45, 7) is 7.30. The topological polar surface area (TPSA) is 57.5 Å². The number of aryl methyl sites for hydroxylation is 1. The molecule has 82 valence electrons. The monoisotopic (exact) mass is 207 g/mol. The van der Waals surface area contributed by atoms with Gasteiger partial charge >= 0.3 is 0 Å². The number of nitrogens with zero attached hydrogens (tertiary/aromatic N) is 2. The third-order valence-corrected chi connectivity index (χ3v) is 1.50. The molecule has 0 aliphatic heterocycles. The summed E-state index contributed by atoms with van der Waals surface area (Å²) in [5.74, 6) is 0.379. The van der Waals surface area contributed by atoms with Gasteiger partial charge in [0.05, 0.1) is 0 Å². The first-order valence-corrected chi connectivity index (χ1v) is 4.74. The van der Waals surface area contributed by atoms with E-state index < -0.39 is 11.7 Å². The van der Waals surface area contributed by atoms with E-state index in [0.29, 0.717) is 5.82 Å². The molecule has 0 aromatic carbocycles. The summed E-state index contributed by atoms with van der Waals surface area (Å²) < 4.78 is 5.04. The van der Waals surface area contributed by atoms with Crippen LogP contribution in [0.25, 0.3) is 0 Å². The number of ether oxygens (including phenoxy) is 1. The van der Waals surface area contributed by atoms with E-state index in [9.17, 15) is 5.11 Å². The van der Waals surface area contributed by atoms with Gasteiger partial charge in [0.15, 0.2) is 11.9 Å². The number of aromatic nitrogens is 1. The van der Waals surface area contributed by atoms with Crippen molar-refractivity contribution in [2.45, 2.75) is 33.3 Å². The quantitative estimate of drug-likeness (QED) is 0.518. The fourth-order valence-electron chi connectivity index (χ4n) is 0.960. The van der Waals surface area contributed by atoms with Crippen molar-refractivity contribution >= 4 is 11.9 Å². The molecule has 0 saturated heterocycles. The number of hydrogen-bond donors (Lipinski definition) is 0. The number of hydrogen-bond acceptors (Lipinski definition) is 4. The van der Waals surface area contributed by atoms with Crippen LogP contribution in [0, 0.1) is 6.92 Å². The second-order valence-electron chi connectivity index (χ2n) is 4.28. The van der Waals surface area contributed by atoms with Gasteiger partial charge in [0.1, 0.15) is 0 Å². The maximum absolute atomic E-state index is 11.3.